The van der Waals surface area contributed by atoms with Crippen molar-refractivity contribution in [3.05, 3.63) is 83.3 Å². The molecule has 1 aliphatic heterocycles. The van der Waals surface area contributed by atoms with Crippen molar-refractivity contribution in [1.82, 2.24) is 9.88 Å². The van der Waals surface area contributed by atoms with Crippen LogP contribution in [0.5, 0.6) is 0 Å². The van der Waals surface area contributed by atoms with Gasteiger partial charge >= 0.3 is 0 Å². The highest BCUT2D eigenvalue weighted by Gasteiger charge is 2.20. The van der Waals surface area contributed by atoms with Gasteiger partial charge in [0.1, 0.15) is 25.3 Å². The van der Waals surface area contributed by atoms with Crippen LogP contribution in [0.25, 0.3) is 0 Å². The van der Waals surface area contributed by atoms with Crippen LogP contribution >= 0.6 is 0 Å². The number of anilines is 2. The highest BCUT2D eigenvalue weighted by Crippen LogP contribution is 2.20. The zero-order valence-corrected chi connectivity index (χ0v) is 18.2. The maximum Gasteiger partial charge on any atom is 0.258 e. The number of carbonyl (C=O) groups is 2. The second kappa shape index (κ2) is 9.64. The summed E-state index contributed by atoms with van der Waals surface area (Å²) in [4.78, 5) is 31.6. The van der Waals surface area contributed by atoms with Gasteiger partial charge in [-0.15, -0.1) is 0 Å². The molecule has 2 amide bonds. The largest absolute Gasteiger partial charge is 0.357 e. The lowest BCUT2D eigenvalue weighted by molar-refractivity contribution is 0.102. The van der Waals surface area contributed by atoms with Gasteiger partial charge in [-0.05, 0) is 43.2 Å². The lowest BCUT2D eigenvalue weighted by Crippen LogP contribution is -2.28. The number of halogens is 1. The third-order valence-electron chi connectivity index (χ3n) is 5.48. The summed E-state index contributed by atoms with van der Waals surface area (Å²) < 4.78 is 14.8. The van der Waals surface area contributed by atoms with Crippen LogP contribution in [0.3, 0.4) is 0 Å². The molecule has 1 aromatic heterocycles. The standard InChI is InChI=1S/C24H23BFN5O2/c25-16-8-10-21(28-14-16)30-24(33)18-5-1-2-6-20(18)29-23(32)17-9-7-15(13-19(17)26)22(27)31-11-3-4-12-31/h1-2,5-10,13-14,27H,3-4,11-12,25H2,(H,29,32)(H,28,30,33). The van der Waals surface area contributed by atoms with Gasteiger partial charge in [0.05, 0.1) is 16.8 Å². The van der Waals surface area contributed by atoms with Crippen LogP contribution < -0.4 is 16.1 Å². The SMILES string of the molecule is Bc1ccc(NC(=O)c2ccccc2NC(=O)c2ccc(C(=N)N3CCCC3)cc2F)nc1. The van der Waals surface area contributed by atoms with Gasteiger partial charge in [0.2, 0.25) is 0 Å². The lowest BCUT2D eigenvalue weighted by Gasteiger charge is -2.19. The molecule has 2 heterocycles. The normalized spacial score (nSPS) is 12.9. The van der Waals surface area contributed by atoms with E-state index < -0.39 is 17.6 Å². The van der Waals surface area contributed by atoms with Crippen molar-refractivity contribution in [3.8, 4) is 0 Å². The van der Waals surface area contributed by atoms with E-state index in [1.54, 1.807) is 42.6 Å². The number of carbonyl (C=O) groups excluding carboxylic acids is 2. The van der Waals surface area contributed by atoms with E-state index in [1.807, 2.05) is 18.8 Å². The Bertz CT molecular complexity index is 1210. The Kier molecular flexibility index (Phi) is 6.49. The number of rotatable bonds is 5. The van der Waals surface area contributed by atoms with E-state index in [9.17, 15) is 14.0 Å². The van der Waals surface area contributed by atoms with E-state index in [2.05, 4.69) is 15.6 Å². The van der Waals surface area contributed by atoms with Crippen LogP contribution in [-0.4, -0.2) is 48.5 Å². The number of pyridine rings is 1. The summed E-state index contributed by atoms with van der Waals surface area (Å²) >= 11 is 0. The van der Waals surface area contributed by atoms with Gasteiger partial charge in [-0.25, -0.2) is 9.37 Å². The van der Waals surface area contributed by atoms with Gasteiger partial charge in [0, 0.05) is 24.8 Å². The molecule has 0 bridgehead atoms. The molecule has 0 atom stereocenters. The molecule has 0 radical (unpaired) electrons. The Hall–Kier alpha value is -4.01. The van der Waals surface area contributed by atoms with E-state index in [1.165, 1.54) is 12.1 Å². The topological polar surface area (TPSA) is 98.2 Å². The first-order valence-corrected chi connectivity index (χ1v) is 10.7. The number of hydrogen-bond acceptors (Lipinski definition) is 4. The summed E-state index contributed by atoms with van der Waals surface area (Å²) in [5.41, 5.74) is 1.70. The fourth-order valence-corrected chi connectivity index (χ4v) is 3.68. The van der Waals surface area contributed by atoms with Gasteiger partial charge in [-0.2, -0.15) is 0 Å². The molecule has 0 saturated carbocycles. The number of amides is 2. The zero-order valence-electron chi connectivity index (χ0n) is 18.2. The zero-order chi connectivity index (χ0) is 23.4. The molecule has 2 aromatic carbocycles. The number of para-hydroxylation sites is 1. The summed E-state index contributed by atoms with van der Waals surface area (Å²) in [5.74, 6) is -1.21. The maximum atomic E-state index is 14.8. The van der Waals surface area contributed by atoms with Crippen molar-refractivity contribution in [2.75, 3.05) is 23.7 Å². The molecule has 4 rings (SSSR count). The first kappa shape index (κ1) is 22.2. The number of nitrogens with one attached hydrogen (secondary N) is 3. The minimum absolute atomic E-state index is 0.164. The summed E-state index contributed by atoms with van der Waals surface area (Å²) in [5, 5.41) is 13.6. The summed E-state index contributed by atoms with van der Waals surface area (Å²) in [6.45, 7) is 1.55. The lowest BCUT2D eigenvalue weighted by atomic mass is 9.99. The van der Waals surface area contributed by atoms with Gasteiger partial charge < -0.3 is 15.5 Å². The number of aromatic nitrogens is 1. The average molecular weight is 443 g/mol. The minimum atomic E-state index is -0.722. The van der Waals surface area contributed by atoms with Gasteiger partial charge in [0.15, 0.2) is 0 Å². The molecule has 3 N–H and O–H groups in total. The smallest absolute Gasteiger partial charge is 0.258 e. The predicted molar refractivity (Wildman–Crippen MR) is 129 cm³/mol. The van der Waals surface area contributed by atoms with Crippen molar-refractivity contribution in [2.45, 2.75) is 12.8 Å². The molecule has 0 aliphatic carbocycles. The Morgan fingerprint density at radius 3 is 2.39 bits per heavy atom. The Morgan fingerprint density at radius 1 is 0.970 bits per heavy atom. The third-order valence-corrected chi connectivity index (χ3v) is 5.48. The van der Waals surface area contributed by atoms with Crippen molar-refractivity contribution in [2.24, 2.45) is 0 Å². The second-order valence-corrected chi connectivity index (χ2v) is 7.91. The highest BCUT2D eigenvalue weighted by atomic mass is 19.1. The van der Waals surface area contributed by atoms with E-state index in [0.29, 0.717) is 11.4 Å². The highest BCUT2D eigenvalue weighted by molar-refractivity contribution is 6.32. The van der Waals surface area contributed by atoms with Gasteiger partial charge in [-0.1, -0.05) is 29.7 Å². The monoisotopic (exact) mass is 443 g/mol. The fraction of sp³-hybridized carbons (Fsp3) is 0.167. The first-order valence-electron chi connectivity index (χ1n) is 10.7. The molecular formula is C24H23BFN5O2. The van der Waals surface area contributed by atoms with Crippen LogP contribution in [-0.2, 0) is 0 Å². The van der Waals surface area contributed by atoms with Crippen molar-refractivity contribution < 1.29 is 14.0 Å². The molecule has 0 spiro atoms. The Morgan fingerprint density at radius 2 is 1.70 bits per heavy atom. The van der Waals surface area contributed by atoms with Gasteiger partial charge in [-0.3, -0.25) is 15.0 Å². The van der Waals surface area contributed by atoms with Crippen LogP contribution in [0.4, 0.5) is 15.9 Å². The Labute approximate surface area is 191 Å². The van der Waals surface area contributed by atoms with Crippen LogP contribution in [0.15, 0.2) is 60.8 Å². The number of hydrogen-bond donors (Lipinski definition) is 3. The summed E-state index contributed by atoms with van der Waals surface area (Å²) in [7, 11) is 1.89. The fourth-order valence-electron chi connectivity index (χ4n) is 3.68. The summed E-state index contributed by atoms with van der Waals surface area (Å²) in [6, 6.07) is 14.1. The minimum Gasteiger partial charge on any atom is -0.357 e. The van der Waals surface area contributed by atoms with Crippen LogP contribution in [0.1, 0.15) is 39.1 Å². The van der Waals surface area contributed by atoms with E-state index in [4.69, 9.17) is 5.41 Å². The van der Waals surface area contributed by atoms with E-state index in [-0.39, 0.29) is 22.6 Å². The number of nitrogens with zero attached hydrogens (tertiary/aromatic N) is 2. The van der Waals surface area contributed by atoms with Crippen LogP contribution in [0.2, 0.25) is 0 Å². The second-order valence-electron chi connectivity index (χ2n) is 7.91. The number of amidine groups is 1. The average Bonchev–Trinajstić information content (AvgIpc) is 3.35. The number of likely N-dealkylation sites (tertiary alicyclic amines) is 1. The first-order chi connectivity index (χ1) is 15.9. The molecule has 0 unspecified atom stereocenters. The molecular weight excluding hydrogens is 420 g/mol. The van der Waals surface area contributed by atoms with Crippen molar-refractivity contribution in [3.63, 3.8) is 0 Å². The summed E-state index contributed by atoms with van der Waals surface area (Å²) in [6.07, 6.45) is 3.66. The quantitative estimate of drug-likeness (QED) is 0.321. The maximum absolute atomic E-state index is 14.8. The van der Waals surface area contributed by atoms with Crippen molar-refractivity contribution >= 4 is 42.5 Å². The number of benzene rings is 2. The van der Waals surface area contributed by atoms with Crippen molar-refractivity contribution in [1.29, 1.82) is 5.41 Å². The van der Waals surface area contributed by atoms with E-state index >= 15 is 0 Å². The molecule has 1 fully saturated rings. The predicted octanol–water partition coefficient (Wildman–Crippen LogP) is 2.40. The van der Waals surface area contributed by atoms with E-state index in [0.717, 1.165) is 31.4 Å². The molecule has 9 heteroatoms. The molecule has 166 valence electrons. The molecule has 3 aromatic rings. The molecule has 1 aliphatic rings. The Balaban J connectivity index is 1.50. The molecule has 33 heavy (non-hydrogen) atoms. The van der Waals surface area contributed by atoms with Crippen LogP contribution in [0, 0.1) is 11.2 Å². The third kappa shape index (κ3) is 5.08. The molecule has 7 nitrogen and oxygen atoms in total. The molecule has 1 saturated heterocycles. The van der Waals surface area contributed by atoms with Gasteiger partial charge in [0.25, 0.3) is 11.8 Å².